The Morgan fingerprint density at radius 1 is 0.914 bits per heavy atom. The highest BCUT2D eigenvalue weighted by Gasteiger charge is 2.29. The van der Waals surface area contributed by atoms with Gasteiger partial charge in [-0.05, 0) is 37.2 Å². The lowest BCUT2D eigenvalue weighted by molar-refractivity contribution is -0.137. The van der Waals surface area contributed by atoms with E-state index in [-0.39, 0.29) is 18.5 Å². The molecule has 0 amide bonds. The van der Waals surface area contributed by atoms with Gasteiger partial charge in [0.05, 0.1) is 23.7 Å². The van der Waals surface area contributed by atoms with Gasteiger partial charge in [-0.2, -0.15) is 0 Å². The summed E-state index contributed by atoms with van der Waals surface area (Å²) in [5.41, 5.74) is 1.23. The van der Waals surface area contributed by atoms with Crippen molar-refractivity contribution in [1.29, 1.82) is 0 Å². The number of hydrogen-bond donors (Lipinski definition) is 7. The van der Waals surface area contributed by atoms with E-state index >= 15 is 0 Å². The number of benzene rings is 2. The van der Waals surface area contributed by atoms with Crippen LogP contribution >= 0.6 is 0 Å². The van der Waals surface area contributed by atoms with Crippen molar-refractivity contribution in [2.45, 2.75) is 50.7 Å². The first kappa shape index (κ1) is 28.4. The number of unbranched alkanes of at least 4 members (excludes halogenated alkanes) is 1. The van der Waals surface area contributed by atoms with Gasteiger partial charge in [-0.15, -0.1) is 0 Å². The third-order valence-electron chi connectivity index (χ3n) is 5.56. The Morgan fingerprint density at radius 2 is 1.43 bits per heavy atom. The maximum Gasteiger partial charge on any atom is 0.323 e. The van der Waals surface area contributed by atoms with Crippen molar-refractivity contribution >= 4 is 27.8 Å². The second-order valence-corrected chi connectivity index (χ2v) is 8.20. The summed E-state index contributed by atoms with van der Waals surface area (Å²) >= 11 is 0. The van der Waals surface area contributed by atoms with Crippen LogP contribution in [0.1, 0.15) is 19.8 Å². The van der Waals surface area contributed by atoms with Crippen LogP contribution in [0.4, 0.5) is 0 Å². The van der Waals surface area contributed by atoms with Crippen LogP contribution in [0.5, 0.6) is 0 Å². The number of pyridine rings is 1. The number of carbonyl (C=O) groups is 1. The Morgan fingerprint density at radius 3 is 1.91 bits per heavy atom. The van der Waals surface area contributed by atoms with Crippen LogP contribution < -0.4 is 10.7 Å². The number of fused-ring (bicyclic) bond motifs is 2. The Labute approximate surface area is 202 Å². The number of aliphatic carboxylic acids is 1. The van der Waals surface area contributed by atoms with Crippen molar-refractivity contribution < 1.29 is 35.4 Å². The molecule has 0 bridgehead atoms. The van der Waals surface area contributed by atoms with Crippen LogP contribution in [0.15, 0.2) is 53.3 Å². The summed E-state index contributed by atoms with van der Waals surface area (Å²) in [6.45, 7) is 2.07. The average Bonchev–Trinajstić information content (AvgIpc) is 2.87. The topological polar surface area (TPSA) is 172 Å². The highest BCUT2D eigenvalue weighted by Crippen LogP contribution is 2.18. The second-order valence-electron chi connectivity index (χ2n) is 8.20. The molecule has 35 heavy (non-hydrogen) atoms. The molecule has 3 aromatic rings. The average molecular weight is 491 g/mol. The molecule has 7 N–H and O–H groups in total. The monoisotopic (exact) mass is 490 g/mol. The van der Waals surface area contributed by atoms with Crippen molar-refractivity contribution in [3.63, 3.8) is 0 Å². The van der Waals surface area contributed by atoms with Gasteiger partial charge in [-0.3, -0.25) is 9.59 Å². The number of aliphatic hydroxyl groups excluding tert-OH is 5. The van der Waals surface area contributed by atoms with E-state index in [4.69, 9.17) is 15.3 Å². The van der Waals surface area contributed by atoms with E-state index in [1.54, 1.807) is 53.1 Å². The van der Waals surface area contributed by atoms with Crippen molar-refractivity contribution in [3.05, 3.63) is 58.8 Å². The molecule has 0 unspecified atom stereocenters. The molecule has 0 spiro atoms. The molecule has 0 radical (unpaired) electrons. The molecule has 0 fully saturated rings. The van der Waals surface area contributed by atoms with Crippen molar-refractivity contribution in [1.82, 2.24) is 9.88 Å². The van der Waals surface area contributed by atoms with E-state index in [0.717, 1.165) is 19.4 Å². The zero-order chi connectivity index (χ0) is 26.0. The predicted octanol–water partition coefficient (Wildman–Crippen LogP) is 0.0513. The maximum atomic E-state index is 12.4. The Bertz CT molecular complexity index is 1090. The van der Waals surface area contributed by atoms with Gasteiger partial charge in [-0.1, -0.05) is 37.6 Å². The minimum Gasteiger partial charge on any atom is -0.480 e. The van der Waals surface area contributed by atoms with Crippen LogP contribution in [0.25, 0.3) is 21.8 Å². The maximum absolute atomic E-state index is 12.4. The fourth-order valence-corrected chi connectivity index (χ4v) is 3.62. The Kier molecular flexibility index (Phi) is 11.3. The largest absolute Gasteiger partial charge is 0.480 e. The first-order valence-corrected chi connectivity index (χ1v) is 11.5. The molecule has 0 saturated heterocycles. The first-order valence-electron chi connectivity index (χ1n) is 11.5. The Hall–Kier alpha value is -2.86. The SMILES string of the molecule is CCCCNC[C@@H](O)[C@H](O)[C@H](O)[C@@H](O)CO.O=C(O)Cn1c2ccccc2c(=O)c2ccccc21. The van der Waals surface area contributed by atoms with Gasteiger partial charge in [0.25, 0.3) is 0 Å². The number of aromatic nitrogens is 1. The quantitative estimate of drug-likeness (QED) is 0.145. The first-order chi connectivity index (χ1) is 16.7. The highest BCUT2D eigenvalue weighted by atomic mass is 16.4. The van der Waals surface area contributed by atoms with Crippen LogP contribution in [0, 0.1) is 0 Å². The summed E-state index contributed by atoms with van der Waals surface area (Å²) in [6.07, 6.45) is -3.65. The summed E-state index contributed by atoms with van der Waals surface area (Å²) in [5.74, 6) is -0.932. The van der Waals surface area contributed by atoms with Crippen LogP contribution in [0.3, 0.4) is 0 Å². The minimum atomic E-state index is -1.55. The number of hydrogen-bond acceptors (Lipinski definition) is 8. The van der Waals surface area contributed by atoms with Gasteiger partial charge >= 0.3 is 5.97 Å². The fourth-order valence-electron chi connectivity index (χ4n) is 3.62. The molecule has 0 aliphatic carbocycles. The summed E-state index contributed by atoms with van der Waals surface area (Å²) in [4.78, 5) is 23.4. The van der Waals surface area contributed by atoms with Gasteiger partial charge in [0.1, 0.15) is 24.9 Å². The number of nitrogens with one attached hydrogen (secondary N) is 1. The second kappa shape index (κ2) is 13.9. The van der Waals surface area contributed by atoms with Gasteiger partial charge < -0.3 is 40.5 Å². The number of aliphatic hydroxyl groups is 5. The predicted molar refractivity (Wildman–Crippen MR) is 132 cm³/mol. The third-order valence-corrected chi connectivity index (χ3v) is 5.56. The molecule has 2 aromatic carbocycles. The minimum absolute atomic E-state index is 0.0622. The van der Waals surface area contributed by atoms with E-state index in [0.29, 0.717) is 21.8 Å². The van der Waals surface area contributed by atoms with E-state index < -0.39 is 37.0 Å². The highest BCUT2D eigenvalue weighted by molar-refractivity contribution is 5.94. The van der Waals surface area contributed by atoms with Crippen LogP contribution in [-0.2, 0) is 11.3 Å². The normalized spacial score (nSPS) is 14.7. The number of carboxylic acids is 1. The molecule has 0 aliphatic heterocycles. The summed E-state index contributed by atoms with van der Waals surface area (Å²) in [7, 11) is 0. The standard InChI is InChI=1S/C15H11NO3.C10H23NO5/c17-14(18)9-16-12-7-3-1-5-10(12)15(19)11-6-2-4-8-13(11)16;1-2-3-4-11-5-7(13)9(15)10(16)8(14)6-12/h1-8H,9H2,(H,17,18);7-16H,2-6H2,1H3/t;7-,8+,9+,10-/m.1/s1. The molecular weight excluding hydrogens is 456 g/mol. The van der Waals surface area contributed by atoms with E-state index in [9.17, 15) is 24.9 Å². The molecule has 3 rings (SSSR count). The van der Waals surface area contributed by atoms with E-state index in [1.807, 2.05) is 6.92 Å². The van der Waals surface area contributed by atoms with Gasteiger partial charge in [0.15, 0.2) is 5.43 Å². The summed E-state index contributed by atoms with van der Waals surface area (Å²) in [6, 6.07) is 14.2. The van der Waals surface area contributed by atoms with Gasteiger partial charge in [0, 0.05) is 17.3 Å². The number of carboxylic acid groups (broad SMARTS) is 1. The van der Waals surface area contributed by atoms with Crippen molar-refractivity contribution in [2.75, 3.05) is 19.7 Å². The lowest BCUT2D eigenvalue weighted by Gasteiger charge is -2.25. The summed E-state index contributed by atoms with van der Waals surface area (Å²) in [5, 5.41) is 58.9. The Balaban J connectivity index is 0.000000252. The number of nitrogens with zero attached hydrogens (tertiary/aromatic N) is 1. The number of para-hydroxylation sites is 2. The molecule has 192 valence electrons. The zero-order valence-electron chi connectivity index (χ0n) is 19.6. The van der Waals surface area contributed by atoms with E-state index in [1.165, 1.54) is 0 Å². The molecule has 0 aliphatic rings. The fraction of sp³-hybridized carbons (Fsp3) is 0.440. The number of rotatable bonds is 11. The van der Waals surface area contributed by atoms with Crippen LogP contribution in [-0.4, -0.2) is 85.3 Å². The smallest absolute Gasteiger partial charge is 0.323 e. The van der Waals surface area contributed by atoms with Crippen LogP contribution in [0.2, 0.25) is 0 Å². The summed E-state index contributed by atoms with van der Waals surface area (Å²) < 4.78 is 1.66. The third kappa shape index (κ3) is 7.56. The zero-order valence-corrected chi connectivity index (χ0v) is 19.6. The molecule has 0 saturated carbocycles. The van der Waals surface area contributed by atoms with E-state index in [2.05, 4.69) is 5.32 Å². The molecule has 10 heteroatoms. The molecule has 1 heterocycles. The van der Waals surface area contributed by atoms with Crippen molar-refractivity contribution in [3.8, 4) is 0 Å². The molecule has 10 nitrogen and oxygen atoms in total. The van der Waals surface area contributed by atoms with Gasteiger partial charge in [-0.25, -0.2) is 0 Å². The molecule has 1 aromatic heterocycles. The molecule has 4 atom stereocenters. The lowest BCUT2D eigenvalue weighted by atomic mass is 10.0. The van der Waals surface area contributed by atoms with Gasteiger partial charge in [0.2, 0.25) is 0 Å². The molecular formula is C25H34N2O8. The van der Waals surface area contributed by atoms with Crippen molar-refractivity contribution in [2.24, 2.45) is 0 Å². The lowest BCUT2D eigenvalue weighted by Crippen LogP contribution is -2.49.